The number of nitrogens with one attached hydrogen (secondary N) is 1. The van der Waals surface area contributed by atoms with E-state index in [1.807, 2.05) is 36.4 Å². The summed E-state index contributed by atoms with van der Waals surface area (Å²) in [6, 6.07) is 13.4. The molecular weight excluding hydrogens is 321 g/mol. The first-order chi connectivity index (χ1) is 10.7. The minimum atomic E-state index is 0.165. The van der Waals surface area contributed by atoms with Gasteiger partial charge in [-0.2, -0.15) is 0 Å². The van der Waals surface area contributed by atoms with E-state index in [1.54, 1.807) is 13.2 Å². The zero-order valence-electron chi connectivity index (χ0n) is 11.8. The van der Waals surface area contributed by atoms with E-state index in [9.17, 15) is 0 Å². The molecule has 4 nitrogen and oxygen atoms in total. The molecule has 0 amide bonds. The first kappa shape index (κ1) is 14.9. The van der Waals surface area contributed by atoms with Crippen molar-refractivity contribution in [3.05, 3.63) is 58.3 Å². The van der Waals surface area contributed by atoms with Crippen LogP contribution in [0.3, 0.4) is 0 Å². The average molecular weight is 334 g/mol. The highest BCUT2D eigenvalue weighted by molar-refractivity contribution is 6.36. The molecule has 0 fully saturated rings. The van der Waals surface area contributed by atoms with E-state index in [-0.39, 0.29) is 5.28 Å². The molecule has 3 rings (SSSR count). The van der Waals surface area contributed by atoms with Crippen LogP contribution < -0.4 is 10.1 Å². The third-order valence-corrected chi connectivity index (χ3v) is 3.74. The van der Waals surface area contributed by atoms with Gasteiger partial charge in [0.2, 0.25) is 5.28 Å². The predicted molar refractivity (Wildman–Crippen MR) is 89.9 cm³/mol. The van der Waals surface area contributed by atoms with Crippen LogP contribution in [0.1, 0.15) is 5.56 Å². The van der Waals surface area contributed by atoms with Crippen molar-refractivity contribution in [2.45, 2.75) is 6.54 Å². The molecule has 0 radical (unpaired) electrons. The number of hydrogen-bond acceptors (Lipinski definition) is 4. The molecule has 2 aromatic carbocycles. The number of para-hydroxylation sites is 1. The summed E-state index contributed by atoms with van der Waals surface area (Å²) in [5, 5.41) is 4.83. The Morgan fingerprint density at radius 3 is 2.55 bits per heavy atom. The number of ether oxygens (including phenoxy) is 1. The lowest BCUT2D eigenvalue weighted by Crippen LogP contribution is -2.03. The largest absolute Gasteiger partial charge is 0.497 e. The Morgan fingerprint density at radius 1 is 1.05 bits per heavy atom. The van der Waals surface area contributed by atoms with E-state index in [1.165, 1.54) is 0 Å². The van der Waals surface area contributed by atoms with Crippen LogP contribution in [0.25, 0.3) is 10.9 Å². The number of rotatable bonds is 4. The number of benzene rings is 2. The van der Waals surface area contributed by atoms with Crippen LogP contribution in [-0.4, -0.2) is 17.1 Å². The predicted octanol–water partition coefficient (Wildman–Crippen LogP) is 4.56. The minimum absolute atomic E-state index is 0.165. The topological polar surface area (TPSA) is 47.0 Å². The molecule has 22 heavy (non-hydrogen) atoms. The van der Waals surface area contributed by atoms with Gasteiger partial charge in [0.15, 0.2) is 0 Å². The van der Waals surface area contributed by atoms with Crippen LogP contribution in [0.4, 0.5) is 5.82 Å². The van der Waals surface area contributed by atoms with Crippen LogP contribution in [0.15, 0.2) is 42.5 Å². The quantitative estimate of drug-likeness (QED) is 0.711. The zero-order valence-corrected chi connectivity index (χ0v) is 13.3. The smallest absolute Gasteiger partial charge is 0.224 e. The van der Waals surface area contributed by atoms with Crippen LogP contribution >= 0.6 is 23.2 Å². The summed E-state index contributed by atoms with van der Waals surface area (Å²) < 4.78 is 5.15. The van der Waals surface area contributed by atoms with E-state index in [0.717, 1.165) is 16.7 Å². The maximum absolute atomic E-state index is 6.16. The van der Waals surface area contributed by atoms with Crippen molar-refractivity contribution in [1.82, 2.24) is 9.97 Å². The summed E-state index contributed by atoms with van der Waals surface area (Å²) in [4.78, 5) is 8.43. The fourth-order valence-electron chi connectivity index (χ4n) is 2.15. The van der Waals surface area contributed by atoms with Crippen molar-refractivity contribution in [3.8, 4) is 5.75 Å². The molecule has 112 valence electrons. The molecule has 0 bridgehead atoms. The lowest BCUT2D eigenvalue weighted by Gasteiger charge is -2.10. The second-order valence-electron chi connectivity index (χ2n) is 4.68. The van der Waals surface area contributed by atoms with Crippen LogP contribution in [0.5, 0.6) is 5.75 Å². The van der Waals surface area contributed by atoms with E-state index in [4.69, 9.17) is 27.9 Å². The van der Waals surface area contributed by atoms with Crippen molar-refractivity contribution in [3.63, 3.8) is 0 Å². The molecule has 3 aromatic rings. The summed E-state index contributed by atoms with van der Waals surface area (Å²) >= 11 is 12.1. The second-order valence-corrected chi connectivity index (χ2v) is 5.42. The third-order valence-electron chi connectivity index (χ3n) is 3.27. The molecule has 0 aliphatic heterocycles. The SMILES string of the molecule is COc1ccc(CNc2nc(Cl)nc3c(Cl)cccc23)cc1. The lowest BCUT2D eigenvalue weighted by molar-refractivity contribution is 0.414. The standard InChI is InChI=1S/C16H13Cl2N3O/c1-22-11-7-5-10(6-8-11)9-19-15-12-3-2-4-13(17)14(12)20-16(18)21-15/h2-8H,9H2,1H3,(H,19,20,21). The zero-order chi connectivity index (χ0) is 15.5. The van der Waals surface area contributed by atoms with Gasteiger partial charge in [0.05, 0.1) is 17.6 Å². The number of fused-ring (bicyclic) bond motifs is 1. The Morgan fingerprint density at radius 2 is 1.82 bits per heavy atom. The Kier molecular flexibility index (Phi) is 4.32. The Hall–Kier alpha value is -2.04. The van der Waals surface area contributed by atoms with E-state index in [0.29, 0.717) is 22.9 Å². The summed E-state index contributed by atoms with van der Waals surface area (Å²) in [6.45, 7) is 0.610. The summed E-state index contributed by atoms with van der Waals surface area (Å²) in [5.74, 6) is 1.49. The fourth-order valence-corrected chi connectivity index (χ4v) is 2.54. The lowest BCUT2D eigenvalue weighted by atomic mass is 10.2. The van der Waals surface area contributed by atoms with E-state index in [2.05, 4.69) is 15.3 Å². The van der Waals surface area contributed by atoms with Gasteiger partial charge in [0, 0.05) is 11.9 Å². The molecule has 1 heterocycles. The van der Waals surface area contributed by atoms with Gasteiger partial charge in [-0.1, -0.05) is 29.8 Å². The number of halogens is 2. The number of aromatic nitrogens is 2. The molecule has 0 aliphatic rings. The monoisotopic (exact) mass is 333 g/mol. The van der Waals surface area contributed by atoms with Gasteiger partial charge >= 0.3 is 0 Å². The molecule has 1 N–H and O–H groups in total. The van der Waals surface area contributed by atoms with Crippen LogP contribution in [0, 0.1) is 0 Å². The molecule has 0 aliphatic carbocycles. The third kappa shape index (κ3) is 3.08. The van der Waals surface area contributed by atoms with Crippen LogP contribution in [0.2, 0.25) is 10.3 Å². The van der Waals surface area contributed by atoms with Gasteiger partial charge in [0.25, 0.3) is 0 Å². The molecule has 1 aromatic heterocycles. The van der Waals surface area contributed by atoms with E-state index >= 15 is 0 Å². The Labute approximate surface area is 138 Å². The van der Waals surface area contributed by atoms with Crippen molar-refractivity contribution in [2.75, 3.05) is 12.4 Å². The maximum atomic E-state index is 6.16. The highest BCUT2D eigenvalue weighted by atomic mass is 35.5. The molecule has 0 spiro atoms. The van der Waals surface area contributed by atoms with E-state index < -0.39 is 0 Å². The number of nitrogens with zero attached hydrogens (tertiary/aromatic N) is 2. The minimum Gasteiger partial charge on any atom is -0.497 e. The van der Waals surface area contributed by atoms with Crippen molar-refractivity contribution < 1.29 is 4.74 Å². The molecule has 0 unspecified atom stereocenters. The number of hydrogen-bond donors (Lipinski definition) is 1. The van der Waals surface area contributed by atoms with Crippen molar-refractivity contribution >= 4 is 39.9 Å². The fraction of sp³-hybridized carbons (Fsp3) is 0.125. The van der Waals surface area contributed by atoms with Gasteiger partial charge < -0.3 is 10.1 Å². The first-order valence-electron chi connectivity index (χ1n) is 6.66. The van der Waals surface area contributed by atoms with Crippen molar-refractivity contribution in [2.24, 2.45) is 0 Å². The summed E-state index contributed by atoms with van der Waals surface area (Å²) in [7, 11) is 1.64. The molecule has 0 saturated carbocycles. The van der Waals surface area contributed by atoms with Gasteiger partial charge in [-0.25, -0.2) is 9.97 Å². The maximum Gasteiger partial charge on any atom is 0.224 e. The van der Waals surface area contributed by atoms with Crippen LogP contribution in [-0.2, 0) is 6.54 Å². The van der Waals surface area contributed by atoms with Gasteiger partial charge in [-0.15, -0.1) is 0 Å². The summed E-state index contributed by atoms with van der Waals surface area (Å²) in [5.41, 5.74) is 1.74. The molecule has 0 saturated heterocycles. The Bertz CT molecular complexity index is 806. The highest BCUT2D eigenvalue weighted by Crippen LogP contribution is 2.28. The molecule has 6 heteroatoms. The van der Waals surface area contributed by atoms with Gasteiger partial charge in [0.1, 0.15) is 11.6 Å². The molecular formula is C16H13Cl2N3O. The first-order valence-corrected chi connectivity index (χ1v) is 7.41. The normalized spacial score (nSPS) is 10.7. The van der Waals surface area contributed by atoms with Crippen molar-refractivity contribution in [1.29, 1.82) is 0 Å². The van der Waals surface area contributed by atoms with Gasteiger partial charge in [-0.05, 0) is 41.4 Å². The average Bonchev–Trinajstić information content (AvgIpc) is 2.54. The molecule has 0 atom stereocenters. The second kappa shape index (κ2) is 6.38. The number of anilines is 1. The highest BCUT2D eigenvalue weighted by Gasteiger charge is 2.09. The Balaban J connectivity index is 1.88. The number of methoxy groups -OCH3 is 1. The summed E-state index contributed by atoms with van der Waals surface area (Å²) in [6.07, 6.45) is 0. The van der Waals surface area contributed by atoms with Gasteiger partial charge in [-0.3, -0.25) is 0 Å².